The van der Waals surface area contributed by atoms with Crippen LogP contribution in [0.3, 0.4) is 0 Å². The van der Waals surface area contributed by atoms with E-state index in [-0.39, 0.29) is 22.9 Å². The van der Waals surface area contributed by atoms with Crippen LogP contribution in [0.25, 0.3) is 11.3 Å². The summed E-state index contributed by atoms with van der Waals surface area (Å²) in [7, 11) is 0. The van der Waals surface area contributed by atoms with E-state index >= 15 is 0 Å². The second-order valence-corrected chi connectivity index (χ2v) is 5.94. The molecule has 3 nitrogen and oxygen atoms in total. The molecule has 0 saturated heterocycles. The highest BCUT2D eigenvalue weighted by molar-refractivity contribution is 5.94. The van der Waals surface area contributed by atoms with E-state index in [2.05, 4.69) is 18.2 Å². The number of pyridine rings is 1. The van der Waals surface area contributed by atoms with Crippen LogP contribution in [0.5, 0.6) is 0 Å². The standard InChI is InChI=1S/C19H23NO2/c1-6-14(4)20-18(10-9-16(15(5)21)19(20)22)17-11-12(2)7-8-13(17)3/h7-11,14H,6H2,1-5H3. The van der Waals surface area contributed by atoms with Gasteiger partial charge in [-0.05, 0) is 57.9 Å². The number of benzene rings is 1. The lowest BCUT2D eigenvalue weighted by Crippen LogP contribution is -2.29. The largest absolute Gasteiger partial charge is 0.305 e. The SMILES string of the molecule is CCC(C)n1c(-c2cc(C)ccc2C)ccc(C(C)=O)c1=O. The Hall–Kier alpha value is -2.16. The molecule has 0 N–H and O–H groups in total. The Balaban J connectivity index is 2.81. The summed E-state index contributed by atoms with van der Waals surface area (Å²) in [5.41, 5.74) is 4.27. The molecule has 22 heavy (non-hydrogen) atoms. The minimum atomic E-state index is -0.194. The van der Waals surface area contributed by atoms with Crippen molar-refractivity contribution in [2.75, 3.05) is 0 Å². The topological polar surface area (TPSA) is 39.1 Å². The molecule has 0 aliphatic heterocycles. The van der Waals surface area contributed by atoms with Crippen molar-refractivity contribution >= 4 is 5.78 Å². The maximum atomic E-state index is 12.7. The highest BCUT2D eigenvalue weighted by atomic mass is 16.1. The zero-order chi connectivity index (χ0) is 16.4. The fraction of sp³-hybridized carbons (Fsp3) is 0.368. The molecule has 1 aromatic heterocycles. The van der Waals surface area contributed by atoms with Gasteiger partial charge in [0.1, 0.15) is 0 Å². The van der Waals surface area contributed by atoms with Gasteiger partial charge in [0.05, 0.1) is 11.3 Å². The highest BCUT2D eigenvalue weighted by Crippen LogP contribution is 2.27. The van der Waals surface area contributed by atoms with Crippen molar-refractivity contribution in [2.45, 2.75) is 47.1 Å². The zero-order valence-corrected chi connectivity index (χ0v) is 13.9. The van der Waals surface area contributed by atoms with Crippen LogP contribution < -0.4 is 5.56 Å². The second kappa shape index (κ2) is 6.30. The summed E-state index contributed by atoms with van der Waals surface area (Å²) in [5.74, 6) is -0.186. The first-order valence-electron chi connectivity index (χ1n) is 7.71. The molecule has 0 aliphatic rings. The van der Waals surface area contributed by atoms with Crippen LogP contribution in [0.4, 0.5) is 0 Å². The van der Waals surface area contributed by atoms with E-state index in [1.54, 1.807) is 10.6 Å². The predicted octanol–water partition coefficient (Wildman–Crippen LogP) is 4.31. The van der Waals surface area contributed by atoms with Crippen molar-refractivity contribution in [1.82, 2.24) is 4.57 Å². The monoisotopic (exact) mass is 297 g/mol. The summed E-state index contributed by atoms with van der Waals surface area (Å²) >= 11 is 0. The number of hydrogen-bond acceptors (Lipinski definition) is 2. The molecule has 0 fully saturated rings. The molecule has 0 aliphatic carbocycles. The average molecular weight is 297 g/mol. The Bertz CT molecular complexity index is 771. The number of Topliss-reactive ketones (excluding diaryl/α,β-unsaturated/α-hetero) is 1. The molecule has 1 unspecified atom stereocenters. The third-order valence-electron chi connectivity index (χ3n) is 4.20. The van der Waals surface area contributed by atoms with Crippen LogP contribution in [0.15, 0.2) is 35.1 Å². The first-order chi connectivity index (χ1) is 10.4. The quantitative estimate of drug-likeness (QED) is 0.789. The molecule has 0 radical (unpaired) electrons. The van der Waals surface area contributed by atoms with Gasteiger partial charge in [0.15, 0.2) is 5.78 Å². The van der Waals surface area contributed by atoms with Gasteiger partial charge in [0.25, 0.3) is 5.56 Å². The lowest BCUT2D eigenvalue weighted by molar-refractivity contribution is 0.101. The molecule has 1 heterocycles. The van der Waals surface area contributed by atoms with E-state index < -0.39 is 0 Å². The van der Waals surface area contributed by atoms with Crippen LogP contribution in [-0.4, -0.2) is 10.4 Å². The van der Waals surface area contributed by atoms with Crippen LogP contribution in [0, 0.1) is 13.8 Å². The number of aryl methyl sites for hydroxylation is 2. The maximum absolute atomic E-state index is 12.7. The second-order valence-electron chi connectivity index (χ2n) is 5.94. The molecular weight excluding hydrogens is 274 g/mol. The smallest absolute Gasteiger partial charge is 0.262 e. The lowest BCUT2D eigenvalue weighted by Gasteiger charge is -2.21. The molecule has 2 rings (SSSR count). The van der Waals surface area contributed by atoms with Gasteiger partial charge >= 0.3 is 0 Å². The lowest BCUT2D eigenvalue weighted by atomic mass is 10.00. The van der Waals surface area contributed by atoms with E-state index in [1.807, 2.05) is 33.8 Å². The van der Waals surface area contributed by atoms with Crippen molar-refractivity contribution in [3.05, 3.63) is 57.4 Å². The summed E-state index contributed by atoms with van der Waals surface area (Å²) in [6, 6.07) is 9.81. The van der Waals surface area contributed by atoms with Crippen LogP contribution >= 0.6 is 0 Å². The number of nitrogens with zero attached hydrogens (tertiary/aromatic N) is 1. The fourth-order valence-electron chi connectivity index (χ4n) is 2.67. The number of hydrogen-bond donors (Lipinski definition) is 0. The summed E-state index contributed by atoms with van der Waals surface area (Å²) < 4.78 is 1.76. The van der Waals surface area contributed by atoms with Gasteiger partial charge in [0.2, 0.25) is 0 Å². The first-order valence-corrected chi connectivity index (χ1v) is 7.71. The first kappa shape index (κ1) is 16.2. The van der Waals surface area contributed by atoms with Gasteiger partial charge in [-0.25, -0.2) is 0 Å². The number of aromatic nitrogens is 1. The average Bonchev–Trinajstić information content (AvgIpc) is 2.48. The van der Waals surface area contributed by atoms with Gasteiger partial charge in [0, 0.05) is 11.6 Å². The fourth-order valence-corrected chi connectivity index (χ4v) is 2.67. The van der Waals surface area contributed by atoms with Crippen molar-refractivity contribution in [3.8, 4) is 11.3 Å². The van der Waals surface area contributed by atoms with Crippen LogP contribution in [0.1, 0.15) is 54.7 Å². The van der Waals surface area contributed by atoms with Crippen molar-refractivity contribution in [1.29, 1.82) is 0 Å². The number of carbonyl (C=O) groups is 1. The van der Waals surface area contributed by atoms with Crippen molar-refractivity contribution in [2.24, 2.45) is 0 Å². The Labute approximate surface area is 131 Å². The normalized spacial score (nSPS) is 12.2. The number of ketones is 1. The summed E-state index contributed by atoms with van der Waals surface area (Å²) in [6.07, 6.45) is 0.832. The van der Waals surface area contributed by atoms with Crippen LogP contribution in [0.2, 0.25) is 0 Å². The van der Waals surface area contributed by atoms with Gasteiger partial charge in [-0.15, -0.1) is 0 Å². The van der Waals surface area contributed by atoms with Gasteiger partial charge in [-0.3, -0.25) is 9.59 Å². The Kier molecular flexibility index (Phi) is 4.65. The van der Waals surface area contributed by atoms with Crippen LogP contribution in [-0.2, 0) is 0 Å². The third-order valence-corrected chi connectivity index (χ3v) is 4.20. The molecule has 2 aromatic rings. The minimum absolute atomic E-state index is 0.0433. The summed E-state index contributed by atoms with van der Waals surface area (Å²) in [4.78, 5) is 24.4. The van der Waals surface area contributed by atoms with E-state index in [0.29, 0.717) is 0 Å². The van der Waals surface area contributed by atoms with Gasteiger partial charge in [-0.1, -0.05) is 24.6 Å². The molecule has 0 bridgehead atoms. The molecular formula is C19H23NO2. The molecule has 1 aromatic carbocycles. The molecule has 0 amide bonds. The maximum Gasteiger partial charge on any atom is 0.262 e. The van der Waals surface area contributed by atoms with E-state index in [9.17, 15) is 9.59 Å². The number of rotatable bonds is 4. The highest BCUT2D eigenvalue weighted by Gasteiger charge is 2.17. The summed E-state index contributed by atoms with van der Waals surface area (Å²) in [6.45, 7) is 9.58. The minimum Gasteiger partial charge on any atom is -0.305 e. The predicted molar refractivity (Wildman–Crippen MR) is 90.6 cm³/mol. The Morgan fingerprint density at radius 1 is 1.18 bits per heavy atom. The zero-order valence-electron chi connectivity index (χ0n) is 13.9. The number of carbonyl (C=O) groups excluding carboxylic acids is 1. The molecule has 116 valence electrons. The van der Waals surface area contributed by atoms with Gasteiger partial charge < -0.3 is 4.57 Å². The van der Waals surface area contributed by atoms with Gasteiger partial charge in [-0.2, -0.15) is 0 Å². The molecule has 0 saturated carbocycles. The third kappa shape index (κ3) is 2.89. The van der Waals surface area contributed by atoms with Crippen molar-refractivity contribution in [3.63, 3.8) is 0 Å². The van der Waals surface area contributed by atoms with E-state index in [4.69, 9.17) is 0 Å². The Morgan fingerprint density at radius 2 is 1.86 bits per heavy atom. The van der Waals surface area contributed by atoms with E-state index in [1.165, 1.54) is 6.92 Å². The molecule has 0 spiro atoms. The van der Waals surface area contributed by atoms with E-state index in [0.717, 1.165) is 28.8 Å². The molecule has 3 heteroatoms. The molecule has 1 atom stereocenters. The summed E-state index contributed by atoms with van der Waals surface area (Å²) in [5, 5.41) is 0. The Morgan fingerprint density at radius 3 is 2.45 bits per heavy atom. The van der Waals surface area contributed by atoms with Crippen molar-refractivity contribution < 1.29 is 4.79 Å².